The Hall–Kier alpha value is -2.08. The summed E-state index contributed by atoms with van der Waals surface area (Å²) in [5.74, 6) is 0.570. The van der Waals surface area contributed by atoms with Crippen LogP contribution in [0.15, 0.2) is 28.8 Å². The van der Waals surface area contributed by atoms with Crippen molar-refractivity contribution >= 4 is 17.0 Å². The number of nitrogens with one attached hydrogen (secondary N) is 1. The van der Waals surface area contributed by atoms with E-state index in [2.05, 4.69) is 29.3 Å². The van der Waals surface area contributed by atoms with Crippen LogP contribution in [0.5, 0.6) is 0 Å². The monoisotopic (exact) mass is 330 g/mol. The van der Waals surface area contributed by atoms with E-state index in [9.17, 15) is 4.79 Å². The number of hydrogen-bond donors (Lipinski definition) is 1. The van der Waals surface area contributed by atoms with Gasteiger partial charge < -0.3 is 19.6 Å². The highest BCUT2D eigenvalue weighted by Gasteiger charge is 2.26. The maximum atomic E-state index is 12.4. The summed E-state index contributed by atoms with van der Waals surface area (Å²) in [7, 11) is 2.15. The van der Waals surface area contributed by atoms with Crippen molar-refractivity contribution in [1.29, 1.82) is 0 Å². The summed E-state index contributed by atoms with van der Waals surface area (Å²) in [6, 6.07) is 7.69. The highest BCUT2D eigenvalue weighted by Crippen LogP contribution is 2.19. The number of aromatic nitrogens is 1. The summed E-state index contributed by atoms with van der Waals surface area (Å²) in [5.41, 5.74) is 1.53. The van der Waals surface area contributed by atoms with Crippen LogP contribution >= 0.6 is 0 Å². The first-order chi connectivity index (χ1) is 11.7. The second-order valence-corrected chi connectivity index (χ2v) is 6.65. The van der Waals surface area contributed by atoms with E-state index in [1.54, 1.807) is 0 Å². The molecule has 0 bridgehead atoms. The Morgan fingerprint density at radius 3 is 3.12 bits per heavy atom. The van der Waals surface area contributed by atoms with Crippen LogP contribution in [0, 0.1) is 5.92 Å². The van der Waals surface area contributed by atoms with E-state index in [1.165, 1.54) is 6.42 Å². The number of likely N-dealkylation sites (tertiary alicyclic amines) is 1. The normalized spacial score (nSPS) is 17.8. The lowest BCUT2D eigenvalue weighted by atomic mass is 10.1. The Labute approximate surface area is 142 Å². The van der Waals surface area contributed by atoms with Gasteiger partial charge in [-0.2, -0.15) is 0 Å². The minimum Gasteiger partial charge on any atom is -0.356 e. The van der Waals surface area contributed by atoms with Crippen molar-refractivity contribution in [2.45, 2.75) is 26.3 Å². The lowest BCUT2D eigenvalue weighted by Crippen LogP contribution is -2.39. The van der Waals surface area contributed by atoms with Crippen molar-refractivity contribution in [2.75, 3.05) is 33.2 Å². The van der Waals surface area contributed by atoms with E-state index in [0.29, 0.717) is 12.5 Å². The van der Waals surface area contributed by atoms with Crippen LogP contribution in [0.2, 0.25) is 0 Å². The Balaban J connectivity index is 1.49. The zero-order valence-corrected chi connectivity index (χ0v) is 14.5. The van der Waals surface area contributed by atoms with Crippen LogP contribution in [-0.4, -0.2) is 54.2 Å². The molecule has 6 heteroatoms. The molecule has 1 unspecified atom stereocenters. The summed E-state index contributed by atoms with van der Waals surface area (Å²) in [4.78, 5) is 16.6. The van der Waals surface area contributed by atoms with Crippen molar-refractivity contribution in [2.24, 2.45) is 5.92 Å². The SMILES string of the molecule is CCCN(C)CC1CCN(C(=O)NCc2noc3ccccc23)C1. The van der Waals surface area contributed by atoms with Crippen molar-refractivity contribution in [3.63, 3.8) is 0 Å². The van der Waals surface area contributed by atoms with Gasteiger partial charge in [0.1, 0.15) is 5.69 Å². The molecule has 3 rings (SSSR count). The lowest BCUT2D eigenvalue weighted by molar-refractivity contribution is 0.203. The number of nitrogens with zero attached hydrogens (tertiary/aromatic N) is 3. The van der Waals surface area contributed by atoms with Gasteiger partial charge in [0, 0.05) is 25.0 Å². The van der Waals surface area contributed by atoms with Gasteiger partial charge in [-0.25, -0.2) is 4.79 Å². The van der Waals surface area contributed by atoms with Crippen molar-refractivity contribution < 1.29 is 9.32 Å². The van der Waals surface area contributed by atoms with Gasteiger partial charge >= 0.3 is 6.03 Å². The van der Waals surface area contributed by atoms with E-state index in [4.69, 9.17) is 4.52 Å². The summed E-state index contributed by atoms with van der Waals surface area (Å²) in [5, 5.41) is 7.98. The van der Waals surface area contributed by atoms with Crippen LogP contribution < -0.4 is 5.32 Å². The highest BCUT2D eigenvalue weighted by atomic mass is 16.5. The molecule has 2 amide bonds. The number of benzene rings is 1. The molecular weight excluding hydrogens is 304 g/mol. The molecule has 2 aromatic rings. The third-order valence-electron chi connectivity index (χ3n) is 4.61. The van der Waals surface area contributed by atoms with Gasteiger partial charge in [-0.05, 0) is 44.5 Å². The zero-order valence-electron chi connectivity index (χ0n) is 14.5. The molecule has 1 aliphatic heterocycles. The van der Waals surface area contributed by atoms with Gasteiger partial charge in [0.15, 0.2) is 5.58 Å². The first-order valence-electron chi connectivity index (χ1n) is 8.72. The summed E-state index contributed by atoms with van der Waals surface area (Å²) >= 11 is 0. The Morgan fingerprint density at radius 2 is 2.29 bits per heavy atom. The first kappa shape index (κ1) is 16.8. The fourth-order valence-electron chi connectivity index (χ4n) is 3.42. The van der Waals surface area contributed by atoms with Crippen molar-refractivity contribution in [1.82, 2.24) is 20.3 Å². The first-order valence-corrected chi connectivity index (χ1v) is 8.72. The molecule has 0 radical (unpaired) electrons. The Bertz CT molecular complexity index is 684. The molecule has 1 aromatic carbocycles. The highest BCUT2D eigenvalue weighted by molar-refractivity contribution is 5.80. The number of carbonyl (C=O) groups excluding carboxylic acids is 1. The van der Waals surface area contributed by atoms with E-state index >= 15 is 0 Å². The molecule has 1 fully saturated rings. The second-order valence-electron chi connectivity index (χ2n) is 6.65. The predicted molar refractivity (Wildman–Crippen MR) is 93.7 cm³/mol. The molecule has 6 nitrogen and oxygen atoms in total. The van der Waals surface area contributed by atoms with E-state index in [1.807, 2.05) is 29.2 Å². The van der Waals surface area contributed by atoms with Gasteiger partial charge in [-0.1, -0.05) is 24.2 Å². The number of rotatable bonds is 6. The van der Waals surface area contributed by atoms with Gasteiger partial charge in [0.2, 0.25) is 0 Å². The molecule has 0 spiro atoms. The maximum absolute atomic E-state index is 12.4. The molecule has 130 valence electrons. The molecular formula is C18H26N4O2. The number of amides is 2. The summed E-state index contributed by atoms with van der Waals surface area (Å²) in [6.45, 7) is 6.42. The zero-order chi connectivity index (χ0) is 16.9. The van der Waals surface area contributed by atoms with Gasteiger partial charge in [0.05, 0.1) is 6.54 Å². The summed E-state index contributed by atoms with van der Waals surface area (Å²) in [6.07, 6.45) is 2.24. The average molecular weight is 330 g/mol. The smallest absolute Gasteiger partial charge is 0.317 e. The van der Waals surface area contributed by atoms with E-state index in [-0.39, 0.29) is 6.03 Å². The van der Waals surface area contributed by atoms with Crippen LogP contribution in [-0.2, 0) is 6.54 Å². The van der Waals surface area contributed by atoms with E-state index in [0.717, 1.165) is 49.3 Å². The van der Waals surface area contributed by atoms with Gasteiger partial charge in [-0.15, -0.1) is 0 Å². The topological polar surface area (TPSA) is 61.6 Å². The van der Waals surface area contributed by atoms with E-state index < -0.39 is 0 Å². The third kappa shape index (κ3) is 3.87. The standard InChI is InChI=1S/C18H26N4O2/c1-3-9-21(2)12-14-8-10-22(13-14)18(23)19-11-16-15-6-4-5-7-17(15)24-20-16/h4-7,14H,3,8-13H2,1-2H3,(H,19,23). The molecule has 1 atom stereocenters. The molecule has 2 heterocycles. The molecule has 1 saturated heterocycles. The lowest BCUT2D eigenvalue weighted by Gasteiger charge is -2.21. The average Bonchev–Trinajstić information content (AvgIpc) is 3.20. The molecule has 0 saturated carbocycles. The molecule has 24 heavy (non-hydrogen) atoms. The Morgan fingerprint density at radius 1 is 1.46 bits per heavy atom. The second kappa shape index (κ2) is 7.66. The number of urea groups is 1. The molecule has 1 aromatic heterocycles. The van der Waals surface area contributed by atoms with Crippen LogP contribution in [0.3, 0.4) is 0 Å². The third-order valence-corrected chi connectivity index (χ3v) is 4.61. The number of carbonyl (C=O) groups is 1. The van der Waals surface area contributed by atoms with Crippen LogP contribution in [0.1, 0.15) is 25.5 Å². The minimum absolute atomic E-state index is 0.0114. The van der Waals surface area contributed by atoms with Crippen molar-refractivity contribution in [3.8, 4) is 0 Å². The van der Waals surface area contributed by atoms with Crippen molar-refractivity contribution in [3.05, 3.63) is 30.0 Å². The number of fused-ring (bicyclic) bond motifs is 1. The number of hydrogen-bond acceptors (Lipinski definition) is 4. The maximum Gasteiger partial charge on any atom is 0.317 e. The quantitative estimate of drug-likeness (QED) is 0.884. The minimum atomic E-state index is -0.0114. The van der Waals surface area contributed by atoms with Crippen LogP contribution in [0.4, 0.5) is 4.79 Å². The predicted octanol–water partition coefficient (Wildman–Crippen LogP) is 2.70. The fourth-order valence-corrected chi connectivity index (χ4v) is 3.42. The molecule has 0 aliphatic carbocycles. The van der Waals surface area contributed by atoms with Gasteiger partial charge in [0.25, 0.3) is 0 Å². The molecule has 1 aliphatic rings. The Kier molecular flexibility index (Phi) is 5.35. The largest absolute Gasteiger partial charge is 0.356 e. The fraction of sp³-hybridized carbons (Fsp3) is 0.556. The molecule has 1 N–H and O–H groups in total. The summed E-state index contributed by atoms with van der Waals surface area (Å²) < 4.78 is 5.27. The van der Waals surface area contributed by atoms with Gasteiger partial charge in [-0.3, -0.25) is 0 Å². The van der Waals surface area contributed by atoms with Crippen LogP contribution in [0.25, 0.3) is 11.0 Å². The number of para-hydroxylation sites is 1.